The van der Waals surface area contributed by atoms with Crippen molar-refractivity contribution in [3.8, 4) is 0 Å². The van der Waals surface area contributed by atoms with Crippen molar-refractivity contribution in [3.05, 3.63) is 35.4 Å². The normalized spacial score (nSPS) is 26.7. The third kappa shape index (κ3) is 1.80. The molecule has 2 atom stereocenters. The highest BCUT2D eigenvalue weighted by Crippen LogP contribution is 2.28. The first-order chi connectivity index (χ1) is 6.81. The molecule has 1 aromatic rings. The monoisotopic (exact) mass is 193 g/mol. The number of hydrogen-bond donors (Lipinski definition) is 1. The smallest absolute Gasteiger partial charge is 0.0941 e. The third-order valence-corrected chi connectivity index (χ3v) is 3.01. The first-order valence-electron chi connectivity index (χ1n) is 5.14. The van der Waals surface area contributed by atoms with Gasteiger partial charge in [0.1, 0.15) is 0 Å². The van der Waals surface area contributed by atoms with Gasteiger partial charge in [-0.1, -0.05) is 29.8 Å². The predicted octanol–water partition coefficient (Wildman–Crippen LogP) is 2.27. The van der Waals surface area contributed by atoms with Gasteiger partial charge in [0, 0.05) is 24.9 Å². The second-order valence-electron chi connectivity index (χ2n) is 4.09. The van der Waals surface area contributed by atoms with Gasteiger partial charge < -0.3 is 5.32 Å². The van der Waals surface area contributed by atoms with E-state index in [1.54, 1.807) is 0 Å². The minimum Gasteiger partial charge on any atom is -0.316 e. The van der Waals surface area contributed by atoms with Gasteiger partial charge in [0.25, 0.3) is 0 Å². The Bertz CT molecular complexity index is 311. The van der Waals surface area contributed by atoms with Crippen LogP contribution in [0, 0.1) is 12.8 Å². The van der Waals surface area contributed by atoms with Crippen LogP contribution in [0.15, 0.2) is 24.3 Å². The van der Waals surface area contributed by atoms with E-state index in [0.717, 1.165) is 13.1 Å². The summed E-state index contributed by atoms with van der Waals surface area (Å²) in [5.74, 6) is 0.525. The van der Waals surface area contributed by atoms with E-state index >= 15 is 0 Å². The third-order valence-electron chi connectivity index (χ3n) is 3.01. The number of aryl methyl sites for hydroxylation is 1. The SMILES string of the molecule is Cc1cccc([C@H]2CNC[C@H]2CF)c1. The quantitative estimate of drug-likeness (QED) is 0.759. The van der Waals surface area contributed by atoms with Crippen LogP contribution in [0.25, 0.3) is 0 Å². The average Bonchev–Trinajstić information content (AvgIpc) is 2.65. The summed E-state index contributed by atoms with van der Waals surface area (Å²) in [5.41, 5.74) is 2.53. The summed E-state index contributed by atoms with van der Waals surface area (Å²) in [4.78, 5) is 0. The number of benzene rings is 1. The second-order valence-corrected chi connectivity index (χ2v) is 4.09. The molecule has 1 fully saturated rings. The van der Waals surface area contributed by atoms with E-state index in [1.165, 1.54) is 11.1 Å². The summed E-state index contributed by atoms with van der Waals surface area (Å²) >= 11 is 0. The van der Waals surface area contributed by atoms with Gasteiger partial charge in [0.15, 0.2) is 0 Å². The lowest BCUT2D eigenvalue weighted by molar-refractivity contribution is 0.358. The van der Waals surface area contributed by atoms with Gasteiger partial charge in [-0.25, -0.2) is 0 Å². The molecule has 1 aliphatic rings. The van der Waals surface area contributed by atoms with Crippen LogP contribution in [0.4, 0.5) is 4.39 Å². The van der Waals surface area contributed by atoms with Crippen molar-refractivity contribution in [1.29, 1.82) is 0 Å². The van der Waals surface area contributed by atoms with Gasteiger partial charge >= 0.3 is 0 Å². The van der Waals surface area contributed by atoms with Crippen LogP contribution in [0.2, 0.25) is 0 Å². The van der Waals surface area contributed by atoms with Crippen LogP contribution in [0.3, 0.4) is 0 Å². The number of halogens is 1. The van der Waals surface area contributed by atoms with Crippen LogP contribution in [-0.2, 0) is 0 Å². The maximum absolute atomic E-state index is 12.7. The lowest BCUT2D eigenvalue weighted by Gasteiger charge is -2.16. The molecule has 0 aliphatic carbocycles. The molecule has 1 nitrogen and oxygen atoms in total. The van der Waals surface area contributed by atoms with Gasteiger partial charge in [0.05, 0.1) is 6.67 Å². The molecule has 1 aliphatic heterocycles. The van der Waals surface area contributed by atoms with Gasteiger partial charge in [-0.05, 0) is 12.5 Å². The summed E-state index contributed by atoms with van der Waals surface area (Å²) in [5, 5.41) is 3.25. The minimum absolute atomic E-state index is 0.164. The zero-order valence-electron chi connectivity index (χ0n) is 8.46. The molecule has 0 radical (unpaired) electrons. The van der Waals surface area contributed by atoms with Gasteiger partial charge in [-0.3, -0.25) is 4.39 Å². The Morgan fingerprint density at radius 1 is 1.43 bits per heavy atom. The molecule has 0 spiro atoms. The van der Waals surface area contributed by atoms with Crippen molar-refractivity contribution in [2.75, 3.05) is 19.8 Å². The van der Waals surface area contributed by atoms with E-state index < -0.39 is 0 Å². The molecule has 0 amide bonds. The molecule has 0 bridgehead atoms. The molecule has 2 heteroatoms. The first kappa shape index (κ1) is 9.66. The van der Waals surface area contributed by atoms with E-state index in [1.807, 2.05) is 0 Å². The maximum atomic E-state index is 12.7. The zero-order chi connectivity index (χ0) is 9.97. The summed E-state index contributed by atoms with van der Waals surface area (Å²) in [6.45, 7) is 3.59. The Morgan fingerprint density at radius 3 is 3.00 bits per heavy atom. The Morgan fingerprint density at radius 2 is 2.29 bits per heavy atom. The summed E-state index contributed by atoms with van der Waals surface area (Å²) in [6.07, 6.45) is 0. The Labute approximate surface area is 84.3 Å². The zero-order valence-corrected chi connectivity index (χ0v) is 8.46. The summed E-state index contributed by atoms with van der Waals surface area (Å²) in [7, 11) is 0. The van der Waals surface area contributed by atoms with E-state index in [2.05, 4.69) is 36.5 Å². The van der Waals surface area contributed by atoms with Crippen molar-refractivity contribution in [1.82, 2.24) is 5.32 Å². The second kappa shape index (κ2) is 4.09. The fourth-order valence-electron chi connectivity index (χ4n) is 2.19. The molecule has 2 rings (SSSR count). The van der Waals surface area contributed by atoms with Crippen molar-refractivity contribution in [3.63, 3.8) is 0 Å². The molecular weight excluding hydrogens is 177 g/mol. The van der Waals surface area contributed by atoms with Crippen LogP contribution in [0.1, 0.15) is 17.0 Å². The van der Waals surface area contributed by atoms with E-state index in [9.17, 15) is 4.39 Å². The maximum Gasteiger partial charge on any atom is 0.0941 e. The number of hydrogen-bond acceptors (Lipinski definition) is 1. The van der Waals surface area contributed by atoms with Gasteiger partial charge in [-0.15, -0.1) is 0 Å². The molecule has 1 aromatic carbocycles. The summed E-state index contributed by atoms with van der Waals surface area (Å²) in [6, 6.07) is 8.41. The lowest BCUT2D eigenvalue weighted by atomic mass is 9.89. The molecule has 14 heavy (non-hydrogen) atoms. The molecule has 76 valence electrons. The van der Waals surface area contributed by atoms with Crippen molar-refractivity contribution in [2.24, 2.45) is 5.92 Å². The molecule has 0 unspecified atom stereocenters. The fourth-order valence-corrected chi connectivity index (χ4v) is 2.19. The average molecular weight is 193 g/mol. The fraction of sp³-hybridized carbons (Fsp3) is 0.500. The van der Waals surface area contributed by atoms with Crippen LogP contribution >= 0.6 is 0 Å². The van der Waals surface area contributed by atoms with Crippen LogP contribution in [0.5, 0.6) is 0 Å². The first-order valence-corrected chi connectivity index (χ1v) is 5.14. The Kier molecular flexibility index (Phi) is 2.82. The molecule has 1 saturated heterocycles. The Balaban J connectivity index is 2.21. The molecular formula is C12H16FN. The highest BCUT2D eigenvalue weighted by molar-refractivity contribution is 5.27. The largest absolute Gasteiger partial charge is 0.316 e. The van der Waals surface area contributed by atoms with E-state index in [-0.39, 0.29) is 12.6 Å². The molecule has 0 saturated carbocycles. The van der Waals surface area contributed by atoms with Gasteiger partial charge in [-0.2, -0.15) is 0 Å². The van der Waals surface area contributed by atoms with Crippen molar-refractivity contribution >= 4 is 0 Å². The highest BCUT2D eigenvalue weighted by atomic mass is 19.1. The van der Waals surface area contributed by atoms with Crippen molar-refractivity contribution < 1.29 is 4.39 Å². The van der Waals surface area contributed by atoms with Crippen molar-refractivity contribution in [2.45, 2.75) is 12.8 Å². The van der Waals surface area contributed by atoms with Crippen LogP contribution in [-0.4, -0.2) is 19.8 Å². The molecule has 1 heterocycles. The number of nitrogens with one attached hydrogen (secondary N) is 1. The molecule has 0 aromatic heterocycles. The number of rotatable bonds is 2. The van der Waals surface area contributed by atoms with E-state index in [0.29, 0.717) is 5.92 Å². The van der Waals surface area contributed by atoms with E-state index in [4.69, 9.17) is 0 Å². The van der Waals surface area contributed by atoms with Gasteiger partial charge in [0.2, 0.25) is 0 Å². The predicted molar refractivity (Wildman–Crippen MR) is 56.3 cm³/mol. The standard InChI is InChI=1S/C12H16FN/c1-9-3-2-4-10(5-9)12-8-14-7-11(12)6-13/h2-5,11-12,14H,6-8H2,1H3/t11-,12-/m1/s1. The highest BCUT2D eigenvalue weighted by Gasteiger charge is 2.27. The molecule has 1 N–H and O–H groups in total. The van der Waals surface area contributed by atoms with Crippen LogP contribution < -0.4 is 5.32 Å². The number of alkyl halides is 1. The minimum atomic E-state index is -0.217. The lowest BCUT2D eigenvalue weighted by Crippen LogP contribution is -2.12. The topological polar surface area (TPSA) is 12.0 Å². The Hall–Kier alpha value is -0.890. The summed E-state index contributed by atoms with van der Waals surface area (Å²) < 4.78 is 12.7.